The van der Waals surface area contributed by atoms with Gasteiger partial charge in [-0.3, -0.25) is 9.59 Å². The maximum atomic E-state index is 12.7. The number of nitrogens with one attached hydrogen (secondary N) is 1. The molecule has 8 heteroatoms. The van der Waals surface area contributed by atoms with Crippen molar-refractivity contribution in [3.05, 3.63) is 82.4 Å². The van der Waals surface area contributed by atoms with E-state index in [2.05, 4.69) is 5.32 Å². The molecule has 1 amide bonds. The van der Waals surface area contributed by atoms with Gasteiger partial charge in [-0.25, -0.2) is 0 Å². The van der Waals surface area contributed by atoms with Gasteiger partial charge in [-0.1, -0.05) is 42.8 Å². The summed E-state index contributed by atoms with van der Waals surface area (Å²) in [4.78, 5) is 24.9. The largest absolute Gasteiger partial charge is 0.497 e. The fourth-order valence-corrected chi connectivity index (χ4v) is 3.38. The van der Waals surface area contributed by atoms with Crippen LogP contribution in [0.25, 0.3) is 0 Å². The van der Waals surface area contributed by atoms with Crippen LogP contribution in [0, 0.1) is 0 Å². The molecule has 0 aliphatic heterocycles. The van der Waals surface area contributed by atoms with Crippen molar-refractivity contribution in [2.45, 2.75) is 26.6 Å². The van der Waals surface area contributed by atoms with Crippen LogP contribution in [0.1, 0.15) is 34.8 Å². The molecule has 0 aliphatic rings. The van der Waals surface area contributed by atoms with Crippen molar-refractivity contribution in [1.82, 2.24) is 5.32 Å². The Labute approximate surface area is 209 Å². The van der Waals surface area contributed by atoms with Gasteiger partial charge in [0.15, 0.2) is 11.5 Å². The zero-order valence-electron chi connectivity index (χ0n) is 19.9. The molecule has 3 aromatic rings. The summed E-state index contributed by atoms with van der Waals surface area (Å²) in [6.45, 7) is 2.74. The van der Waals surface area contributed by atoms with Crippen LogP contribution in [0.5, 0.6) is 23.0 Å². The van der Waals surface area contributed by atoms with E-state index in [9.17, 15) is 9.59 Å². The van der Waals surface area contributed by atoms with Crippen molar-refractivity contribution in [1.29, 1.82) is 0 Å². The number of rotatable bonds is 12. The van der Waals surface area contributed by atoms with Crippen LogP contribution in [-0.2, 0) is 18.0 Å². The van der Waals surface area contributed by atoms with E-state index in [-0.39, 0.29) is 23.8 Å². The van der Waals surface area contributed by atoms with E-state index in [1.165, 1.54) is 12.1 Å². The average Bonchev–Trinajstić information content (AvgIpc) is 2.90. The first-order valence-electron chi connectivity index (χ1n) is 11.1. The van der Waals surface area contributed by atoms with Crippen LogP contribution in [0.4, 0.5) is 0 Å². The Morgan fingerprint density at radius 1 is 0.800 bits per heavy atom. The number of benzene rings is 3. The highest BCUT2D eigenvalue weighted by Gasteiger charge is 2.22. The Balaban J connectivity index is 1.84. The number of amides is 1. The van der Waals surface area contributed by atoms with Gasteiger partial charge in [-0.15, -0.1) is 0 Å². The Morgan fingerprint density at radius 3 is 1.74 bits per heavy atom. The fourth-order valence-electron chi connectivity index (χ4n) is 3.14. The van der Waals surface area contributed by atoms with Gasteiger partial charge in [-0.05, 0) is 47.9 Å². The minimum absolute atomic E-state index is 0.0433. The Bertz CT molecular complexity index is 1150. The molecular weight excluding hydrogens is 470 g/mol. The molecule has 0 atom stereocenters. The summed E-state index contributed by atoms with van der Waals surface area (Å²) in [6.07, 6.45) is 0.709. The zero-order valence-corrected chi connectivity index (χ0v) is 20.7. The number of Topliss-reactive ketones (excluding diaryl/α,β-unsaturated/α-hetero) is 1. The lowest BCUT2D eigenvalue weighted by Gasteiger charge is -2.16. The molecule has 3 rings (SSSR count). The predicted molar refractivity (Wildman–Crippen MR) is 134 cm³/mol. The highest BCUT2D eigenvalue weighted by molar-refractivity contribution is 6.47. The molecule has 184 valence electrons. The topological polar surface area (TPSA) is 83.1 Å². The summed E-state index contributed by atoms with van der Waals surface area (Å²) in [6, 6.07) is 17.8. The molecule has 0 aromatic heterocycles. The molecule has 0 bridgehead atoms. The van der Waals surface area contributed by atoms with E-state index in [0.29, 0.717) is 24.5 Å². The van der Waals surface area contributed by atoms with Crippen molar-refractivity contribution in [2.75, 3.05) is 20.8 Å². The minimum atomic E-state index is -0.737. The highest BCUT2D eigenvalue weighted by atomic mass is 35.5. The van der Waals surface area contributed by atoms with Gasteiger partial charge >= 0.3 is 0 Å². The number of hydrogen-bond acceptors (Lipinski definition) is 6. The molecule has 0 saturated carbocycles. The summed E-state index contributed by atoms with van der Waals surface area (Å²) in [5.41, 5.74) is 1.83. The van der Waals surface area contributed by atoms with Gasteiger partial charge in [-0.2, -0.15) is 0 Å². The lowest BCUT2D eigenvalue weighted by atomic mass is 10.1. The number of hydrogen-bond donors (Lipinski definition) is 1. The number of carbonyl (C=O) groups is 2. The lowest BCUT2D eigenvalue weighted by molar-refractivity contribution is -0.117. The monoisotopic (exact) mass is 497 g/mol. The second kappa shape index (κ2) is 12.7. The third-order valence-electron chi connectivity index (χ3n) is 5.13. The van der Waals surface area contributed by atoms with Crippen LogP contribution < -0.4 is 24.3 Å². The number of ether oxygens (including phenoxy) is 4. The molecule has 0 unspecified atom stereocenters. The van der Waals surface area contributed by atoms with Crippen molar-refractivity contribution in [2.24, 2.45) is 0 Å². The highest BCUT2D eigenvalue weighted by Crippen LogP contribution is 2.35. The minimum Gasteiger partial charge on any atom is -0.497 e. The average molecular weight is 498 g/mol. The summed E-state index contributed by atoms with van der Waals surface area (Å²) in [5, 5.41) is 2.68. The first-order chi connectivity index (χ1) is 16.9. The van der Waals surface area contributed by atoms with Crippen LogP contribution in [0.15, 0.2) is 60.7 Å². The number of ketones is 1. The van der Waals surface area contributed by atoms with E-state index in [1.807, 2.05) is 55.5 Å². The van der Waals surface area contributed by atoms with Crippen LogP contribution in [0.2, 0.25) is 5.02 Å². The van der Waals surface area contributed by atoms with Gasteiger partial charge < -0.3 is 24.3 Å². The molecule has 0 aliphatic carbocycles. The van der Waals surface area contributed by atoms with E-state index < -0.39 is 11.7 Å². The Morgan fingerprint density at radius 2 is 1.29 bits per heavy atom. The smallest absolute Gasteiger partial charge is 0.292 e. The number of halogens is 1. The van der Waals surface area contributed by atoms with Crippen molar-refractivity contribution in [3.8, 4) is 23.0 Å². The van der Waals surface area contributed by atoms with E-state index >= 15 is 0 Å². The summed E-state index contributed by atoms with van der Waals surface area (Å²) in [7, 11) is 3.20. The van der Waals surface area contributed by atoms with Crippen LogP contribution >= 0.6 is 11.6 Å². The first kappa shape index (κ1) is 25.9. The third-order valence-corrected chi connectivity index (χ3v) is 5.44. The van der Waals surface area contributed by atoms with Crippen molar-refractivity contribution >= 4 is 23.3 Å². The molecule has 0 spiro atoms. The summed E-state index contributed by atoms with van der Waals surface area (Å²) >= 11 is 6.38. The van der Waals surface area contributed by atoms with Crippen LogP contribution in [0.3, 0.4) is 0 Å². The fraction of sp³-hybridized carbons (Fsp3) is 0.259. The van der Waals surface area contributed by atoms with Gasteiger partial charge in [0.2, 0.25) is 0 Å². The Kier molecular flexibility index (Phi) is 9.38. The van der Waals surface area contributed by atoms with E-state index in [4.69, 9.17) is 30.5 Å². The molecule has 1 N–H and O–H groups in total. The van der Waals surface area contributed by atoms with Crippen molar-refractivity contribution in [3.63, 3.8) is 0 Å². The standard InChI is InChI=1S/C27H28ClNO6/c1-4-13-29-27(31)26(30)22-14-24(34-16-18-5-9-20(32-2)10-6-18)25(15-23(22)28)35-17-19-7-11-21(33-3)12-8-19/h5-12,14-15H,4,13,16-17H2,1-3H3,(H,29,31). The molecule has 0 radical (unpaired) electrons. The normalized spacial score (nSPS) is 10.4. The molecule has 0 heterocycles. The van der Waals surface area contributed by atoms with Gasteiger partial charge in [0.25, 0.3) is 11.7 Å². The quantitative estimate of drug-likeness (QED) is 0.273. The Hall–Kier alpha value is -3.71. The van der Waals surface area contributed by atoms with E-state index in [0.717, 1.165) is 22.6 Å². The lowest BCUT2D eigenvalue weighted by Crippen LogP contribution is -2.31. The second-order valence-corrected chi connectivity index (χ2v) is 8.04. The first-order valence-corrected chi connectivity index (χ1v) is 11.5. The third kappa shape index (κ3) is 7.13. The molecule has 0 fully saturated rings. The molecule has 0 saturated heterocycles. The maximum Gasteiger partial charge on any atom is 0.292 e. The molecule has 3 aromatic carbocycles. The summed E-state index contributed by atoms with van der Waals surface area (Å²) < 4.78 is 22.4. The molecule has 7 nitrogen and oxygen atoms in total. The van der Waals surface area contributed by atoms with Gasteiger partial charge in [0, 0.05) is 12.6 Å². The van der Waals surface area contributed by atoms with Gasteiger partial charge in [0.1, 0.15) is 24.7 Å². The molecular formula is C27H28ClNO6. The second-order valence-electron chi connectivity index (χ2n) is 7.64. The SMILES string of the molecule is CCCNC(=O)C(=O)c1cc(OCc2ccc(OC)cc2)c(OCc2ccc(OC)cc2)cc1Cl. The van der Waals surface area contributed by atoms with Crippen molar-refractivity contribution < 1.29 is 28.5 Å². The number of methoxy groups -OCH3 is 2. The van der Waals surface area contributed by atoms with E-state index in [1.54, 1.807) is 14.2 Å². The number of carbonyl (C=O) groups excluding carboxylic acids is 2. The predicted octanol–water partition coefficient (Wildman–Crippen LogP) is 5.22. The molecule has 35 heavy (non-hydrogen) atoms. The maximum absolute atomic E-state index is 12.7. The van der Waals surface area contributed by atoms with Crippen LogP contribution in [-0.4, -0.2) is 32.5 Å². The van der Waals surface area contributed by atoms with Gasteiger partial charge in [0.05, 0.1) is 24.8 Å². The summed E-state index contributed by atoms with van der Waals surface area (Å²) in [5.74, 6) is 0.663. The zero-order chi connectivity index (χ0) is 25.2.